The molecular weight excluding hydrogens is 266 g/mol. The van der Waals surface area contributed by atoms with Crippen molar-refractivity contribution in [1.82, 2.24) is 10.2 Å². The molecule has 2 N–H and O–H groups in total. The van der Waals surface area contributed by atoms with E-state index in [0.29, 0.717) is 23.6 Å². The van der Waals surface area contributed by atoms with Crippen molar-refractivity contribution in [2.75, 3.05) is 10.6 Å². The monoisotopic (exact) mass is 281 g/mol. The molecule has 0 aliphatic heterocycles. The van der Waals surface area contributed by atoms with Crippen LogP contribution in [0.5, 0.6) is 0 Å². The van der Waals surface area contributed by atoms with Crippen LogP contribution in [0.3, 0.4) is 0 Å². The van der Waals surface area contributed by atoms with Crippen LogP contribution in [0, 0.1) is 11.3 Å². The summed E-state index contributed by atoms with van der Waals surface area (Å²) >= 11 is 0. The van der Waals surface area contributed by atoms with Crippen LogP contribution in [-0.4, -0.2) is 16.1 Å². The molecule has 2 aromatic rings. The zero-order chi connectivity index (χ0) is 15.1. The molecule has 0 spiro atoms. The lowest BCUT2D eigenvalue weighted by Crippen LogP contribution is -2.12. The van der Waals surface area contributed by atoms with Gasteiger partial charge in [0.15, 0.2) is 11.6 Å². The van der Waals surface area contributed by atoms with Crippen LogP contribution in [-0.2, 0) is 4.79 Å². The molecule has 0 fully saturated rings. The third-order valence-corrected chi connectivity index (χ3v) is 2.67. The number of nitriles is 1. The minimum Gasteiger partial charge on any atom is -0.339 e. The largest absolute Gasteiger partial charge is 0.339 e. The summed E-state index contributed by atoms with van der Waals surface area (Å²) in [5.41, 5.74) is 1.32. The van der Waals surface area contributed by atoms with Crippen molar-refractivity contribution < 1.29 is 4.79 Å². The molecule has 106 valence electrons. The van der Waals surface area contributed by atoms with Crippen LogP contribution in [0.2, 0.25) is 0 Å². The first-order valence-electron chi connectivity index (χ1n) is 6.62. The van der Waals surface area contributed by atoms with Gasteiger partial charge in [0.1, 0.15) is 0 Å². The number of rotatable bonds is 5. The number of hydrogen-bond donors (Lipinski definition) is 2. The van der Waals surface area contributed by atoms with E-state index in [4.69, 9.17) is 5.26 Å². The van der Waals surface area contributed by atoms with Gasteiger partial charge in [0.05, 0.1) is 11.6 Å². The average Bonchev–Trinajstić information content (AvgIpc) is 2.50. The Hall–Kier alpha value is -2.94. The van der Waals surface area contributed by atoms with Crippen molar-refractivity contribution in [2.45, 2.75) is 19.8 Å². The maximum absolute atomic E-state index is 11.4. The zero-order valence-electron chi connectivity index (χ0n) is 11.6. The molecule has 21 heavy (non-hydrogen) atoms. The topological polar surface area (TPSA) is 90.7 Å². The molecule has 1 heterocycles. The van der Waals surface area contributed by atoms with E-state index < -0.39 is 0 Å². The summed E-state index contributed by atoms with van der Waals surface area (Å²) in [6.45, 7) is 1.94. The minimum absolute atomic E-state index is 0.0748. The normalized spacial score (nSPS) is 9.71. The summed E-state index contributed by atoms with van der Waals surface area (Å²) in [7, 11) is 0. The predicted octanol–water partition coefficient (Wildman–Crippen LogP) is 2.83. The number of aromatic nitrogens is 2. The molecule has 0 saturated heterocycles. The van der Waals surface area contributed by atoms with E-state index in [1.165, 1.54) is 0 Å². The molecule has 0 saturated carbocycles. The number of nitrogens with zero attached hydrogens (tertiary/aromatic N) is 3. The standard InChI is InChI=1S/C15H15N5O/c1-2-4-15(21)18-14-8-7-13(19-20-14)17-12-6-3-5-11(9-12)10-16/h3,5-9H,2,4H2,1H3,(H,17,19)(H,18,20,21). The molecule has 0 bridgehead atoms. The molecule has 1 aromatic carbocycles. The van der Waals surface area contributed by atoms with E-state index in [1.54, 1.807) is 30.3 Å². The maximum Gasteiger partial charge on any atom is 0.225 e. The second kappa shape index (κ2) is 7.01. The third-order valence-electron chi connectivity index (χ3n) is 2.67. The predicted molar refractivity (Wildman–Crippen MR) is 80.0 cm³/mol. The SMILES string of the molecule is CCCC(=O)Nc1ccc(Nc2cccc(C#N)c2)nn1. The highest BCUT2D eigenvalue weighted by atomic mass is 16.1. The smallest absolute Gasteiger partial charge is 0.225 e. The number of amides is 1. The van der Waals surface area contributed by atoms with E-state index >= 15 is 0 Å². The lowest BCUT2D eigenvalue weighted by atomic mass is 10.2. The van der Waals surface area contributed by atoms with Crippen molar-refractivity contribution in [2.24, 2.45) is 0 Å². The number of hydrogen-bond acceptors (Lipinski definition) is 5. The first kappa shape index (κ1) is 14.5. The van der Waals surface area contributed by atoms with Gasteiger partial charge in [-0.1, -0.05) is 13.0 Å². The Morgan fingerprint density at radius 3 is 2.67 bits per heavy atom. The highest BCUT2D eigenvalue weighted by Gasteiger charge is 2.03. The average molecular weight is 281 g/mol. The van der Waals surface area contributed by atoms with Crippen LogP contribution in [0.4, 0.5) is 17.3 Å². The fraction of sp³-hybridized carbons (Fsp3) is 0.200. The molecular formula is C15H15N5O. The van der Waals surface area contributed by atoms with Crippen LogP contribution in [0.1, 0.15) is 25.3 Å². The van der Waals surface area contributed by atoms with Crippen LogP contribution in [0.25, 0.3) is 0 Å². The fourth-order valence-corrected chi connectivity index (χ4v) is 1.71. The molecule has 0 unspecified atom stereocenters. The summed E-state index contributed by atoms with van der Waals surface area (Å²) in [5, 5.41) is 22.5. The number of carbonyl (C=O) groups excluding carboxylic acids is 1. The molecule has 6 heteroatoms. The van der Waals surface area contributed by atoms with Gasteiger partial charge < -0.3 is 10.6 Å². The van der Waals surface area contributed by atoms with Gasteiger partial charge in [-0.25, -0.2) is 0 Å². The summed E-state index contributed by atoms with van der Waals surface area (Å²) < 4.78 is 0. The molecule has 1 aromatic heterocycles. The van der Waals surface area contributed by atoms with E-state index in [0.717, 1.165) is 12.1 Å². The van der Waals surface area contributed by atoms with E-state index in [1.807, 2.05) is 13.0 Å². The van der Waals surface area contributed by atoms with E-state index in [-0.39, 0.29) is 5.91 Å². The molecule has 2 rings (SSSR count). The minimum atomic E-state index is -0.0748. The van der Waals surface area contributed by atoms with Crippen molar-refractivity contribution >= 4 is 23.2 Å². The molecule has 0 aliphatic rings. The van der Waals surface area contributed by atoms with Crippen molar-refractivity contribution in [3.63, 3.8) is 0 Å². The molecule has 0 atom stereocenters. The lowest BCUT2D eigenvalue weighted by Gasteiger charge is -2.06. The fourth-order valence-electron chi connectivity index (χ4n) is 1.71. The molecule has 0 radical (unpaired) electrons. The third kappa shape index (κ3) is 4.28. The lowest BCUT2D eigenvalue weighted by molar-refractivity contribution is -0.116. The van der Waals surface area contributed by atoms with Gasteiger partial charge in [-0.15, -0.1) is 10.2 Å². The Morgan fingerprint density at radius 2 is 2.00 bits per heavy atom. The van der Waals surface area contributed by atoms with Gasteiger partial charge in [-0.2, -0.15) is 5.26 Å². The molecule has 1 amide bonds. The summed E-state index contributed by atoms with van der Waals surface area (Å²) in [6.07, 6.45) is 1.25. The summed E-state index contributed by atoms with van der Waals surface area (Å²) in [5.74, 6) is 0.887. The van der Waals surface area contributed by atoms with Gasteiger partial charge in [-0.3, -0.25) is 4.79 Å². The summed E-state index contributed by atoms with van der Waals surface area (Å²) in [4.78, 5) is 11.4. The number of benzene rings is 1. The van der Waals surface area contributed by atoms with Gasteiger partial charge in [0.25, 0.3) is 0 Å². The van der Waals surface area contributed by atoms with E-state index in [9.17, 15) is 4.79 Å². The molecule has 6 nitrogen and oxygen atoms in total. The Labute approximate surface area is 122 Å². The van der Waals surface area contributed by atoms with Crippen molar-refractivity contribution in [3.8, 4) is 6.07 Å². The number of carbonyl (C=O) groups is 1. The number of nitrogens with one attached hydrogen (secondary N) is 2. The van der Waals surface area contributed by atoms with Crippen LogP contribution in [0.15, 0.2) is 36.4 Å². The maximum atomic E-state index is 11.4. The Kier molecular flexibility index (Phi) is 4.83. The van der Waals surface area contributed by atoms with Gasteiger partial charge in [0.2, 0.25) is 5.91 Å². The highest BCUT2D eigenvalue weighted by molar-refractivity contribution is 5.89. The second-order valence-electron chi connectivity index (χ2n) is 4.42. The first-order chi connectivity index (χ1) is 10.2. The van der Waals surface area contributed by atoms with Crippen LogP contribution < -0.4 is 10.6 Å². The van der Waals surface area contributed by atoms with Gasteiger partial charge in [0, 0.05) is 12.1 Å². The Balaban J connectivity index is 2.02. The van der Waals surface area contributed by atoms with Crippen LogP contribution >= 0.6 is 0 Å². The second-order valence-corrected chi connectivity index (χ2v) is 4.42. The van der Waals surface area contributed by atoms with E-state index in [2.05, 4.69) is 26.9 Å². The van der Waals surface area contributed by atoms with Crippen molar-refractivity contribution in [3.05, 3.63) is 42.0 Å². The Bertz CT molecular complexity index is 661. The summed E-state index contributed by atoms with van der Waals surface area (Å²) in [6, 6.07) is 12.5. The Morgan fingerprint density at radius 1 is 1.24 bits per heavy atom. The quantitative estimate of drug-likeness (QED) is 0.879. The first-order valence-corrected chi connectivity index (χ1v) is 6.62. The number of anilines is 3. The highest BCUT2D eigenvalue weighted by Crippen LogP contribution is 2.16. The molecule has 0 aliphatic carbocycles. The zero-order valence-corrected chi connectivity index (χ0v) is 11.6. The van der Waals surface area contributed by atoms with Crippen molar-refractivity contribution in [1.29, 1.82) is 5.26 Å². The van der Waals surface area contributed by atoms with Gasteiger partial charge in [-0.05, 0) is 36.8 Å². The van der Waals surface area contributed by atoms with Gasteiger partial charge >= 0.3 is 0 Å².